The first kappa shape index (κ1) is 17.4. The zero-order valence-corrected chi connectivity index (χ0v) is 13.3. The second-order valence-corrected chi connectivity index (χ2v) is 5.31. The summed E-state index contributed by atoms with van der Waals surface area (Å²) < 4.78 is 26.9. The van der Waals surface area contributed by atoms with Crippen LogP contribution in [0, 0.1) is 11.6 Å². The molecule has 7 heteroatoms. The second-order valence-electron chi connectivity index (χ2n) is 5.31. The lowest BCUT2D eigenvalue weighted by Gasteiger charge is -2.13. The Labute approximate surface area is 138 Å². The molecular formula is C17H17F2N3O2. The van der Waals surface area contributed by atoms with Gasteiger partial charge in [-0.3, -0.25) is 9.59 Å². The van der Waals surface area contributed by atoms with Crippen molar-refractivity contribution in [1.82, 2.24) is 0 Å². The summed E-state index contributed by atoms with van der Waals surface area (Å²) >= 11 is 0. The van der Waals surface area contributed by atoms with Crippen LogP contribution in [0.3, 0.4) is 0 Å². The molecule has 5 nitrogen and oxygen atoms in total. The van der Waals surface area contributed by atoms with Gasteiger partial charge >= 0.3 is 0 Å². The number of para-hydroxylation sites is 1. The van der Waals surface area contributed by atoms with E-state index in [0.717, 1.165) is 17.8 Å². The summed E-state index contributed by atoms with van der Waals surface area (Å²) in [5, 5.41) is 4.61. The minimum absolute atomic E-state index is 0.524. The van der Waals surface area contributed by atoms with Crippen LogP contribution in [0.5, 0.6) is 0 Å². The lowest BCUT2D eigenvalue weighted by Crippen LogP contribution is -2.22. The van der Waals surface area contributed by atoms with Crippen molar-refractivity contribution < 1.29 is 18.4 Å². The molecule has 0 radical (unpaired) electrons. The van der Waals surface area contributed by atoms with Gasteiger partial charge in [0.2, 0.25) is 11.8 Å². The largest absolute Gasteiger partial charge is 0.378 e. The monoisotopic (exact) mass is 333 g/mol. The number of nitrogens with one attached hydrogen (secondary N) is 2. The van der Waals surface area contributed by atoms with Crippen LogP contribution < -0.4 is 15.5 Å². The van der Waals surface area contributed by atoms with E-state index in [9.17, 15) is 18.4 Å². The van der Waals surface area contributed by atoms with Crippen LogP contribution >= 0.6 is 0 Å². The van der Waals surface area contributed by atoms with E-state index in [1.54, 1.807) is 12.1 Å². The molecule has 0 fully saturated rings. The summed E-state index contributed by atoms with van der Waals surface area (Å²) in [6, 6.07) is 10.2. The van der Waals surface area contributed by atoms with Crippen molar-refractivity contribution in [1.29, 1.82) is 0 Å². The van der Waals surface area contributed by atoms with E-state index >= 15 is 0 Å². The molecule has 0 spiro atoms. The molecule has 0 saturated heterocycles. The molecule has 2 amide bonds. The maximum atomic E-state index is 13.4. The summed E-state index contributed by atoms with van der Waals surface area (Å²) in [6.45, 7) is 0. The van der Waals surface area contributed by atoms with Gasteiger partial charge in [0, 0.05) is 25.5 Å². The first-order valence-corrected chi connectivity index (χ1v) is 7.18. The third kappa shape index (κ3) is 4.52. The number of carbonyl (C=O) groups excluding carboxylic acids is 2. The fourth-order valence-electron chi connectivity index (χ4n) is 1.99. The highest BCUT2D eigenvalue weighted by Crippen LogP contribution is 2.18. The SMILES string of the molecule is CN(C)c1ccc(NC(=O)CC(=O)Nc2c(F)cccc2F)cc1. The van der Waals surface area contributed by atoms with E-state index in [-0.39, 0.29) is 0 Å². The number of benzene rings is 2. The summed E-state index contributed by atoms with van der Waals surface area (Å²) in [6.07, 6.45) is -0.552. The average Bonchev–Trinajstić information content (AvgIpc) is 2.51. The predicted octanol–water partition coefficient (Wildman–Crippen LogP) is 3.00. The minimum atomic E-state index is -0.900. The van der Waals surface area contributed by atoms with Gasteiger partial charge in [-0.25, -0.2) is 8.78 Å². The molecule has 0 aliphatic heterocycles. The van der Waals surface area contributed by atoms with Crippen molar-refractivity contribution >= 4 is 28.9 Å². The van der Waals surface area contributed by atoms with Crippen molar-refractivity contribution in [3.63, 3.8) is 0 Å². The molecule has 2 rings (SSSR count). The van der Waals surface area contributed by atoms with Crippen LogP contribution in [-0.2, 0) is 9.59 Å². The van der Waals surface area contributed by atoms with E-state index in [4.69, 9.17) is 0 Å². The van der Waals surface area contributed by atoms with Gasteiger partial charge in [-0.1, -0.05) is 6.07 Å². The highest BCUT2D eigenvalue weighted by atomic mass is 19.1. The van der Waals surface area contributed by atoms with Crippen molar-refractivity contribution in [3.05, 3.63) is 54.1 Å². The van der Waals surface area contributed by atoms with E-state index in [2.05, 4.69) is 10.6 Å². The number of nitrogens with zero attached hydrogens (tertiary/aromatic N) is 1. The molecular weight excluding hydrogens is 316 g/mol. The van der Waals surface area contributed by atoms with Crippen LogP contribution in [0.2, 0.25) is 0 Å². The van der Waals surface area contributed by atoms with Gasteiger partial charge in [0.25, 0.3) is 0 Å². The Kier molecular flexibility index (Phi) is 5.47. The Bertz CT molecular complexity index is 726. The average molecular weight is 333 g/mol. The summed E-state index contributed by atoms with van der Waals surface area (Å²) in [7, 11) is 3.78. The lowest BCUT2D eigenvalue weighted by atomic mass is 10.2. The lowest BCUT2D eigenvalue weighted by molar-refractivity contribution is -0.123. The maximum Gasteiger partial charge on any atom is 0.233 e. The van der Waals surface area contributed by atoms with Gasteiger partial charge in [-0.2, -0.15) is 0 Å². The fourth-order valence-corrected chi connectivity index (χ4v) is 1.99. The van der Waals surface area contributed by atoms with Gasteiger partial charge in [-0.05, 0) is 36.4 Å². The highest BCUT2D eigenvalue weighted by Gasteiger charge is 2.15. The van der Waals surface area contributed by atoms with Crippen molar-refractivity contribution in [2.24, 2.45) is 0 Å². The quantitative estimate of drug-likeness (QED) is 0.827. The molecule has 0 saturated carbocycles. The fraction of sp³-hybridized carbons (Fsp3) is 0.176. The Morgan fingerprint density at radius 3 is 2.00 bits per heavy atom. The summed E-state index contributed by atoms with van der Waals surface area (Å²) in [5.41, 5.74) is 0.918. The Morgan fingerprint density at radius 2 is 1.46 bits per heavy atom. The molecule has 0 atom stereocenters. The Balaban J connectivity index is 1.93. The zero-order chi connectivity index (χ0) is 17.7. The normalized spacial score (nSPS) is 10.2. The topological polar surface area (TPSA) is 61.4 Å². The third-order valence-corrected chi connectivity index (χ3v) is 3.22. The Morgan fingerprint density at radius 1 is 0.917 bits per heavy atom. The number of anilines is 3. The van der Waals surface area contributed by atoms with Crippen molar-refractivity contribution in [2.45, 2.75) is 6.42 Å². The maximum absolute atomic E-state index is 13.4. The minimum Gasteiger partial charge on any atom is -0.378 e. The standard InChI is InChI=1S/C17H17F2N3O2/c1-22(2)12-8-6-11(7-9-12)20-15(23)10-16(24)21-17-13(18)4-3-5-14(17)19/h3-9H,10H2,1-2H3,(H,20,23)(H,21,24). The number of rotatable bonds is 5. The smallest absolute Gasteiger partial charge is 0.233 e. The van der Waals surface area contributed by atoms with E-state index < -0.39 is 35.6 Å². The number of hydrogen-bond acceptors (Lipinski definition) is 3. The van der Waals surface area contributed by atoms with Crippen LogP contribution in [0.25, 0.3) is 0 Å². The van der Waals surface area contributed by atoms with Gasteiger partial charge in [0.1, 0.15) is 23.7 Å². The first-order chi connectivity index (χ1) is 11.4. The summed E-state index contributed by atoms with van der Waals surface area (Å²) in [4.78, 5) is 25.5. The van der Waals surface area contributed by atoms with Crippen LogP contribution in [0.15, 0.2) is 42.5 Å². The van der Waals surface area contributed by atoms with Gasteiger partial charge in [-0.15, -0.1) is 0 Å². The van der Waals surface area contributed by atoms with Crippen LogP contribution in [0.4, 0.5) is 25.8 Å². The molecule has 0 unspecified atom stereocenters. The molecule has 0 bridgehead atoms. The van der Waals surface area contributed by atoms with Crippen LogP contribution in [0.1, 0.15) is 6.42 Å². The van der Waals surface area contributed by atoms with E-state index in [1.807, 2.05) is 31.1 Å². The van der Waals surface area contributed by atoms with Crippen molar-refractivity contribution in [2.75, 3.05) is 29.6 Å². The second kappa shape index (κ2) is 7.54. The Hall–Kier alpha value is -2.96. The first-order valence-electron chi connectivity index (χ1n) is 7.18. The van der Waals surface area contributed by atoms with Gasteiger partial charge in [0.05, 0.1) is 0 Å². The number of amides is 2. The number of halogens is 2. The molecule has 0 aliphatic rings. The predicted molar refractivity (Wildman–Crippen MR) is 89.0 cm³/mol. The molecule has 0 aliphatic carbocycles. The molecule has 0 aromatic heterocycles. The zero-order valence-electron chi connectivity index (χ0n) is 13.3. The van der Waals surface area contributed by atoms with Crippen molar-refractivity contribution in [3.8, 4) is 0 Å². The highest BCUT2D eigenvalue weighted by molar-refractivity contribution is 6.08. The molecule has 0 heterocycles. The molecule has 2 N–H and O–H groups in total. The number of carbonyl (C=O) groups is 2. The molecule has 126 valence electrons. The van der Waals surface area contributed by atoms with E-state index in [1.165, 1.54) is 6.07 Å². The van der Waals surface area contributed by atoms with E-state index in [0.29, 0.717) is 5.69 Å². The summed E-state index contributed by atoms with van der Waals surface area (Å²) in [5.74, 6) is -3.19. The molecule has 2 aromatic rings. The van der Waals surface area contributed by atoms with Gasteiger partial charge < -0.3 is 15.5 Å². The van der Waals surface area contributed by atoms with Gasteiger partial charge in [0.15, 0.2) is 0 Å². The number of hydrogen-bond donors (Lipinski definition) is 2. The van der Waals surface area contributed by atoms with Crippen LogP contribution in [-0.4, -0.2) is 25.9 Å². The third-order valence-electron chi connectivity index (χ3n) is 3.22. The molecule has 2 aromatic carbocycles. The molecule has 24 heavy (non-hydrogen) atoms.